The molecule has 2 aromatic rings. The molecule has 0 saturated carbocycles. The molecule has 8 heteroatoms. The largest absolute Gasteiger partial charge is 0.339 e. The molecule has 1 aliphatic heterocycles. The van der Waals surface area contributed by atoms with Crippen LogP contribution in [0, 0.1) is 6.92 Å². The molecule has 7 nitrogen and oxygen atoms in total. The van der Waals surface area contributed by atoms with Crippen LogP contribution in [0.2, 0.25) is 0 Å². The third-order valence-corrected chi connectivity index (χ3v) is 4.81. The Kier molecular flexibility index (Phi) is 5.39. The maximum atomic E-state index is 11.6. The number of pyridine rings is 1. The van der Waals surface area contributed by atoms with Crippen LogP contribution in [-0.2, 0) is 11.3 Å². The number of carbonyl (C=O) groups is 1. The lowest BCUT2D eigenvalue weighted by atomic mass is 10.2. The van der Waals surface area contributed by atoms with Gasteiger partial charge in [-0.2, -0.15) is 0 Å². The smallest absolute Gasteiger partial charge is 0.236 e. The van der Waals surface area contributed by atoms with Crippen LogP contribution >= 0.6 is 11.3 Å². The fourth-order valence-electron chi connectivity index (χ4n) is 2.71. The number of piperazine rings is 1. The topological polar surface area (TPSA) is 87.4 Å². The molecule has 1 aliphatic rings. The van der Waals surface area contributed by atoms with Crippen LogP contribution in [0.3, 0.4) is 0 Å². The standard InChI is InChI=1S/C16H22N6OS/c1-12-10-19-16(24-12)20-14-8-13(2-3-18-14)11-21-4-6-22(7-5-21)15(23)9-17/h2-3,8,10H,4-7,9,11,17H2,1H3,(H,18,19,20). The number of carbonyl (C=O) groups excluding carboxylic acids is 1. The number of hydrogen-bond acceptors (Lipinski definition) is 7. The van der Waals surface area contributed by atoms with E-state index in [2.05, 4.69) is 20.2 Å². The third kappa shape index (κ3) is 4.28. The van der Waals surface area contributed by atoms with Gasteiger partial charge in [0.15, 0.2) is 5.13 Å². The molecule has 0 bridgehead atoms. The van der Waals surface area contributed by atoms with Crippen LogP contribution in [0.4, 0.5) is 10.9 Å². The van der Waals surface area contributed by atoms with Crippen molar-refractivity contribution in [3.63, 3.8) is 0 Å². The number of thiazole rings is 1. The van der Waals surface area contributed by atoms with Crippen molar-refractivity contribution in [3.8, 4) is 0 Å². The second-order valence-corrected chi connectivity index (χ2v) is 7.05. The van der Waals surface area contributed by atoms with Gasteiger partial charge in [-0.3, -0.25) is 9.69 Å². The van der Waals surface area contributed by atoms with E-state index in [0.29, 0.717) is 0 Å². The number of aryl methyl sites for hydroxylation is 1. The lowest BCUT2D eigenvalue weighted by Gasteiger charge is -2.34. The van der Waals surface area contributed by atoms with Crippen LogP contribution in [0.1, 0.15) is 10.4 Å². The van der Waals surface area contributed by atoms with Gasteiger partial charge < -0.3 is 16.0 Å². The van der Waals surface area contributed by atoms with E-state index in [4.69, 9.17) is 5.73 Å². The zero-order valence-corrected chi connectivity index (χ0v) is 14.6. The van der Waals surface area contributed by atoms with Crippen molar-refractivity contribution in [1.82, 2.24) is 19.8 Å². The Morgan fingerprint density at radius 1 is 1.33 bits per heavy atom. The highest BCUT2D eigenvalue weighted by molar-refractivity contribution is 7.15. The number of hydrogen-bond donors (Lipinski definition) is 2. The Hall–Kier alpha value is -2.03. The number of amides is 1. The number of nitrogens with two attached hydrogens (primary N) is 1. The molecule has 0 aromatic carbocycles. The monoisotopic (exact) mass is 346 g/mol. The van der Waals surface area contributed by atoms with Crippen LogP contribution in [0.15, 0.2) is 24.5 Å². The minimum absolute atomic E-state index is 0.0313. The van der Waals surface area contributed by atoms with Crippen LogP contribution in [0.25, 0.3) is 0 Å². The van der Waals surface area contributed by atoms with Gasteiger partial charge in [0.2, 0.25) is 5.91 Å². The Balaban J connectivity index is 1.56. The van der Waals surface area contributed by atoms with Crippen LogP contribution in [0.5, 0.6) is 0 Å². The van der Waals surface area contributed by atoms with E-state index in [0.717, 1.165) is 43.7 Å². The van der Waals surface area contributed by atoms with E-state index in [1.165, 1.54) is 10.4 Å². The molecule has 3 rings (SSSR count). The molecule has 128 valence electrons. The fraction of sp³-hybridized carbons (Fsp3) is 0.438. The number of aromatic nitrogens is 2. The van der Waals surface area contributed by atoms with E-state index in [9.17, 15) is 4.79 Å². The summed E-state index contributed by atoms with van der Waals surface area (Å²) in [5.41, 5.74) is 6.61. The molecular weight excluding hydrogens is 324 g/mol. The summed E-state index contributed by atoms with van der Waals surface area (Å²) in [5.74, 6) is 0.836. The van der Waals surface area contributed by atoms with E-state index in [-0.39, 0.29) is 12.5 Å². The first-order valence-corrected chi connectivity index (χ1v) is 8.80. The summed E-state index contributed by atoms with van der Waals surface area (Å²) in [6.45, 7) is 6.18. The summed E-state index contributed by atoms with van der Waals surface area (Å²) in [6.07, 6.45) is 3.66. The number of rotatable bonds is 5. The lowest BCUT2D eigenvalue weighted by molar-refractivity contribution is -0.131. The van der Waals surface area contributed by atoms with E-state index >= 15 is 0 Å². The highest BCUT2D eigenvalue weighted by Gasteiger charge is 2.20. The van der Waals surface area contributed by atoms with E-state index in [1.807, 2.05) is 36.4 Å². The summed E-state index contributed by atoms with van der Waals surface area (Å²) in [4.78, 5) is 25.6. The highest BCUT2D eigenvalue weighted by Crippen LogP contribution is 2.21. The summed E-state index contributed by atoms with van der Waals surface area (Å²) >= 11 is 1.61. The van der Waals surface area contributed by atoms with E-state index < -0.39 is 0 Å². The Bertz CT molecular complexity index is 695. The van der Waals surface area contributed by atoms with Crippen molar-refractivity contribution in [2.45, 2.75) is 13.5 Å². The van der Waals surface area contributed by atoms with Crippen molar-refractivity contribution in [2.24, 2.45) is 5.73 Å². The molecule has 1 saturated heterocycles. The molecule has 3 N–H and O–H groups in total. The first-order chi connectivity index (χ1) is 11.6. The van der Waals surface area contributed by atoms with Crippen molar-refractivity contribution < 1.29 is 4.79 Å². The van der Waals surface area contributed by atoms with Gasteiger partial charge in [-0.25, -0.2) is 9.97 Å². The molecule has 0 atom stereocenters. The second-order valence-electron chi connectivity index (χ2n) is 5.81. The number of nitrogens with zero attached hydrogens (tertiary/aromatic N) is 4. The minimum atomic E-state index is 0.0313. The van der Waals surface area contributed by atoms with Crippen LogP contribution in [-0.4, -0.2) is 58.4 Å². The molecule has 3 heterocycles. The first-order valence-electron chi connectivity index (χ1n) is 7.98. The van der Waals surface area contributed by atoms with Crippen molar-refractivity contribution in [1.29, 1.82) is 0 Å². The fourth-order valence-corrected chi connectivity index (χ4v) is 3.38. The first kappa shape index (κ1) is 16.8. The lowest BCUT2D eigenvalue weighted by Crippen LogP contribution is -2.49. The van der Waals surface area contributed by atoms with Crippen molar-refractivity contribution in [2.75, 3.05) is 38.0 Å². The molecule has 24 heavy (non-hydrogen) atoms. The Morgan fingerprint density at radius 2 is 2.12 bits per heavy atom. The summed E-state index contributed by atoms with van der Waals surface area (Å²) in [5, 5.41) is 4.10. The van der Waals surface area contributed by atoms with Gasteiger partial charge >= 0.3 is 0 Å². The molecule has 1 fully saturated rings. The highest BCUT2D eigenvalue weighted by atomic mass is 32.1. The Labute approximate surface area is 145 Å². The second kappa shape index (κ2) is 7.69. The normalized spacial score (nSPS) is 15.5. The molecule has 0 radical (unpaired) electrons. The van der Waals surface area contributed by atoms with E-state index in [1.54, 1.807) is 11.3 Å². The predicted molar refractivity (Wildman–Crippen MR) is 95.3 cm³/mol. The maximum Gasteiger partial charge on any atom is 0.236 e. The van der Waals surface area contributed by atoms with Gasteiger partial charge in [-0.15, -0.1) is 11.3 Å². The average molecular weight is 346 g/mol. The van der Waals surface area contributed by atoms with Crippen molar-refractivity contribution >= 4 is 28.2 Å². The van der Waals surface area contributed by atoms with Gasteiger partial charge in [-0.1, -0.05) is 0 Å². The summed E-state index contributed by atoms with van der Waals surface area (Å²) in [7, 11) is 0. The average Bonchev–Trinajstić information content (AvgIpc) is 3.00. The zero-order chi connectivity index (χ0) is 16.9. The SMILES string of the molecule is Cc1cnc(Nc2cc(CN3CCN(C(=O)CN)CC3)ccn2)s1. The minimum Gasteiger partial charge on any atom is -0.339 e. The number of nitrogens with one attached hydrogen (secondary N) is 1. The molecule has 2 aromatic heterocycles. The summed E-state index contributed by atoms with van der Waals surface area (Å²) < 4.78 is 0. The van der Waals surface area contributed by atoms with Gasteiger partial charge in [0.25, 0.3) is 0 Å². The molecular formula is C16H22N6OS. The molecule has 0 spiro atoms. The third-order valence-electron chi connectivity index (χ3n) is 3.99. The molecule has 0 unspecified atom stereocenters. The molecule has 1 amide bonds. The maximum absolute atomic E-state index is 11.6. The van der Waals surface area contributed by atoms with Gasteiger partial charge in [0.05, 0.1) is 6.54 Å². The predicted octanol–water partition coefficient (Wildman–Crippen LogP) is 1.19. The quantitative estimate of drug-likeness (QED) is 0.846. The van der Waals surface area contributed by atoms with Gasteiger partial charge in [0.1, 0.15) is 5.82 Å². The van der Waals surface area contributed by atoms with Crippen molar-refractivity contribution in [3.05, 3.63) is 35.0 Å². The molecule has 0 aliphatic carbocycles. The van der Waals surface area contributed by atoms with Gasteiger partial charge in [0, 0.05) is 50.0 Å². The Morgan fingerprint density at radius 3 is 2.79 bits per heavy atom. The van der Waals surface area contributed by atoms with Gasteiger partial charge in [-0.05, 0) is 24.6 Å². The van der Waals surface area contributed by atoms with Crippen LogP contribution < -0.4 is 11.1 Å². The number of anilines is 2. The summed E-state index contributed by atoms with van der Waals surface area (Å²) in [6, 6.07) is 4.07. The zero-order valence-electron chi connectivity index (χ0n) is 13.7.